The first-order valence-electron chi connectivity index (χ1n) is 33.2. The van der Waals surface area contributed by atoms with Gasteiger partial charge in [0.25, 0.3) is 0 Å². The van der Waals surface area contributed by atoms with Crippen LogP contribution in [0.25, 0.3) is 0 Å². The van der Waals surface area contributed by atoms with E-state index in [-0.39, 0.29) is 66.2 Å². The highest BCUT2D eigenvalue weighted by atomic mass is 35.5. The summed E-state index contributed by atoms with van der Waals surface area (Å²) in [6.45, 7) is 20.6. The summed E-state index contributed by atoms with van der Waals surface area (Å²) in [4.78, 5) is 79.4. The maximum Gasteiger partial charge on any atom is 0.417 e. The minimum absolute atomic E-state index is 0.0304. The molecule has 558 valence electrons. The highest BCUT2D eigenvalue weighted by Crippen LogP contribution is 2.35. The Morgan fingerprint density at radius 2 is 0.794 bits per heavy atom. The van der Waals surface area contributed by atoms with Crippen molar-refractivity contribution >= 4 is 58.5 Å². The van der Waals surface area contributed by atoms with E-state index in [0.29, 0.717) is 177 Å². The molecule has 102 heavy (non-hydrogen) atoms. The molecule has 0 unspecified atom stereocenters. The summed E-state index contributed by atoms with van der Waals surface area (Å²) in [5.41, 5.74) is 7.22. The number of ether oxygens (including phenoxy) is 12. The lowest BCUT2D eigenvalue weighted by atomic mass is 10.0. The molecule has 27 heteroatoms. The Hall–Kier alpha value is -7.79. The van der Waals surface area contributed by atoms with Crippen LogP contribution in [0.3, 0.4) is 0 Å². The van der Waals surface area contributed by atoms with Crippen molar-refractivity contribution in [1.29, 1.82) is 0 Å². The van der Waals surface area contributed by atoms with Crippen LogP contribution in [0.4, 0.5) is 13.2 Å². The minimum atomic E-state index is -4.59. The van der Waals surface area contributed by atoms with Gasteiger partial charge in [-0.15, -0.1) is 0 Å². The molecule has 22 nitrogen and oxygen atoms in total. The first kappa shape index (κ1) is 86.6. The van der Waals surface area contributed by atoms with Crippen molar-refractivity contribution in [3.63, 3.8) is 0 Å². The molecule has 0 bridgehead atoms. The molecule has 0 aliphatic rings. The summed E-state index contributed by atoms with van der Waals surface area (Å²) in [6, 6.07) is 29.0. The highest BCUT2D eigenvalue weighted by molar-refractivity contribution is 6.31. The number of esters is 2. The first-order valence-corrected chi connectivity index (χ1v) is 33.9. The monoisotopic (exact) mass is 1470 g/mol. The van der Waals surface area contributed by atoms with Crippen molar-refractivity contribution in [3.05, 3.63) is 176 Å². The van der Waals surface area contributed by atoms with Gasteiger partial charge < -0.3 is 67.7 Å². The Morgan fingerprint density at radius 1 is 0.431 bits per heavy atom. The molecule has 6 aromatic rings. The average molecular weight is 1470 g/mol. The Kier molecular flexibility index (Phi) is 40.3. The number of alkyl halides is 3. The maximum atomic E-state index is 13.0. The summed E-state index contributed by atoms with van der Waals surface area (Å²) in [6.07, 6.45) is 0.122. The van der Waals surface area contributed by atoms with Crippen molar-refractivity contribution < 1.29 is 104 Å². The molecule has 0 aliphatic carbocycles. The quantitative estimate of drug-likeness (QED) is 0.0204. The fourth-order valence-corrected chi connectivity index (χ4v) is 9.10. The molecule has 0 amide bonds. The van der Waals surface area contributed by atoms with Crippen molar-refractivity contribution in [2.24, 2.45) is 5.73 Å². The van der Waals surface area contributed by atoms with Crippen molar-refractivity contribution in [2.75, 3.05) is 112 Å². The average Bonchev–Trinajstić information content (AvgIpc) is 0.832. The number of carboxylic acids is 1. The molecule has 0 spiro atoms. The third kappa shape index (κ3) is 39.6. The number of Topliss-reactive ketones (excluding diaryl/α,β-unsaturated/α-hetero) is 3. The highest BCUT2D eigenvalue weighted by Gasteiger charge is 2.33. The van der Waals surface area contributed by atoms with E-state index in [1.165, 1.54) is 24.4 Å². The number of hydrogen-bond donors (Lipinski definition) is 2. The Bertz CT molecular complexity index is 3500. The van der Waals surface area contributed by atoms with Gasteiger partial charge in [0.1, 0.15) is 51.5 Å². The smallest absolute Gasteiger partial charge is 0.417 e. The molecule has 0 radical (unpaired) electrons. The molecular weight excluding hydrogens is 1370 g/mol. The van der Waals surface area contributed by atoms with Crippen LogP contribution in [-0.2, 0) is 98.4 Å². The number of carboxylic acid groups (broad SMARTS) is 1. The molecule has 2 aromatic heterocycles. The number of carbonyl (C=O) groups is 6. The largest absolute Gasteiger partial charge is 0.477 e. The lowest BCUT2D eigenvalue weighted by Crippen LogP contribution is -2.24. The summed E-state index contributed by atoms with van der Waals surface area (Å²) < 4.78 is 104. The van der Waals surface area contributed by atoms with Gasteiger partial charge in [0.15, 0.2) is 11.5 Å². The minimum Gasteiger partial charge on any atom is -0.477 e. The number of pyridine rings is 2. The van der Waals surface area contributed by atoms with E-state index in [1.54, 1.807) is 54.7 Å². The van der Waals surface area contributed by atoms with E-state index < -0.39 is 33.9 Å². The zero-order chi connectivity index (χ0) is 74.8. The van der Waals surface area contributed by atoms with Gasteiger partial charge >= 0.3 is 24.1 Å². The predicted octanol–water partition coefficient (Wildman–Crippen LogP) is 13.3. The van der Waals surface area contributed by atoms with Crippen LogP contribution in [0.1, 0.15) is 122 Å². The first-order chi connectivity index (χ1) is 48.5. The van der Waals surface area contributed by atoms with Gasteiger partial charge in [-0.3, -0.25) is 29.0 Å². The zero-order valence-corrected chi connectivity index (χ0v) is 60.4. The fraction of sp³-hybridized carbons (Fsp3) is 0.467. The van der Waals surface area contributed by atoms with Gasteiger partial charge in [0, 0.05) is 74.8 Å². The molecule has 2 heterocycles. The molecule has 0 fully saturated rings. The third-order valence-electron chi connectivity index (χ3n) is 13.4. The van der Waals surface area contributed by atoms with Crippen LogP contribution in [0.5, 0.6) is 23.0 Å². The number of aryl methyl sites for hydroxylation is 1. The third-order valence-corrected chi connectivity index (χ3v) is 14.1. The van der Waals surface area contributed by atoms with Gasteiger partial charge in [0.05, 0.1) is 123 Å². The Morgan fingerprint density at radius 3 is 1.20 bits per heavy atom. The summed E-state index contributed by atoms with van der Waals surface area (Å²) in [5, 5.41) is 9.23. The molecular formula is C75H94Cl2F3N3O19. The number of benzene rings is 4. The predicted molar refractivity (Wildman–Crippen MR) is 376 cm³/mol. The van der Waals surface area contributed by atoms with E-state index in [4.69, 9.17) is 90.9 Å². The van der Waals surface area contributed by atoms with E-state index >= 15 is 0 Å². The molecule has 0 saturated carbocycles. The van der Waals surface area contributed by atoms with Crippen LogP contribution >= 0.6 is 23.2 Å². The number of aromatic nitrogens is 2. The van der Waals surface area contributed by atoms with E-state index in [1.807, 2.05) is 78.8 Å². The lowest BCUT2D eigenvalue weighted by molar-refractivity contribution is -0.157. The number of aromatic carboxylic acids is 1. The molecule has 0 aliphatic heterocycles. The topological polar surface area (TPSA) is 285 Å². The van der Waals surface area contributed by atoms with Gasteiger partial charge in [0.2, 0.25) is 0 Å². The maximum absolute atomic E-state index is 13.0. The second kappa shape index (κ2) is 47.5. The molecule has 3 N–H and O–H groups in total. The Balaban J connectivity index is 0.000000355. The number of hydrogen-bond acceptors (Lipinski definition) is 21. The van der Waals surface area contributed by atoms with E-state index in [2.05, 4.69) is 9.97 Å². The summed E-state index contributed by atoms with van der Waals surface area (Å²) >= 11 is 11.7. The number of nitrogens with zero attached hydrogens (tertiary/aromatic N) is 2. The zero-order valence-electron chi connectivity index (χ0n) is 58.9. The molecule has 0 saturated heterocycles. The number of carbonyl (C=O) groups excluding carboxylic acids is 5. The SMILES string of the molecule is CC(C)(C)OC(=O)CCOCCOCCOCCOCCN.Cc1cc(CC(=O)Cc2ccc(Oc3ccnc(C(=O)CCCOCCOCCOCCOCCC(=O)OC(C)(C)C)c3)cc2)ccc1Cl.O=C(Cc1ccc(Oc2ccnc(C(=O)O)c2)cc1)Cc1ccc(Cl)c(C(F)(F)F)c1. The van der Waals surface area contributed by atoms with E-state index in [0.717, 1.165) is 28.8 Å². The van der Waals surface area contributed by atoms with Crippen LogP contribution < -0.4 is 15.2 Å². The van der Waals surface area contributed by atoms with E-state index in [9.17, 15) is 41.9 Å². The van der Waals surface area contributed by atoms with Gasteiger partial charge in [-0.2, -0.15) is 13.2 Å². The standard InChI is InChI=1S/C38H48ClNO9.C22H15ClF3NO4.C15H31NO6/c1-28-24-30(9-12-34(28)39)26-31(41)25-29-7-10-32(11-8-29)48-33-13-15-40-35(27-33)36(42)6-5-16-44-18-20-46-22-23-47-21-19-45-17-14-37(43)49-38(2,3)4;23-19-6-3-14(11-18(19)22(24,25)26)10-15(28)9-13-1-4-16(5-2-13)31-17-7-8-27-20(12-17)21(29)30;1-15(2,3)22-14(17)4-6-18-8-10-20-12-13-21-11-9-19-7-5-16/h7-13,15,24,27H,5-6,14,16-23,25-26H2,1-4H3;1-8,11-12H,9-10H2,(H,29,30);4-13,16H2,1-3H3. The van der Waals surface area contributed by atoms with Crippen LogP contribution in [-0.4, -0.2) is 174 Å². The summed E-state index contributed by atoms with van der Waals surface area (Å²) in [7, 11) is 0. The second-order valence-electron chi connectivity index (χ2n) is 24.6. The number of rotatable bonds is 44. The van der Waals surface area contributed by atoms with Crippen LogP contribution in [0, 0.1) is 6.92 Å². The van der Waals surface area contributed by atoms with Gasteiger partial charge in [-0.1, -0.05) is 65.7 Å². The van der Waals surface area contributed by atoms with Crippen LogP contribution in [0.15, 0.2) is 122 Å². The molecule has 4 aromatic carbocycles. The number of halogens is 5. The van der Waals surface area contributed by atoms with Crippen molar-refractivity contribution in [2.45, 2.75) is 117 Å². The molecule has 0 atom stereocenters. The van der Waals surface area contributed by atoms with Crippen molar-refractivity contribution in [1.82, 2.24) is 9.97 Å². The Labute approximate surface area is 604 Å². The lowest BCUT2D eigenvalue weighted by Gasteiger charge is -2.19. The van der Waals surface area contributed by atoms with Gasteiger partial charge in [-0.05, 0) is 137 Å². The number of nitrogens with two attached hydrogens (primary N) is 1. The normalized spacial score (nSPS) is 11.4. The summed E-state index contributed by atoms with van der Waals surface area (Å²) in [5.74, 6) is -0.142. The van der Waals surface area contributed by atoms with Gasteiger partial charge in [-0.25, -0.2) is 9.78 Å². The number of ketones is 3. The van der Waals surface area contributed by atoms with Crippen molar-refractivity contribution in [3.8, 4) is 23.0 Å². The second-order valence-corrected chi connectivity index (χ2v) is 25.4. The fourth-order valence-electron chi connectivity index (χ4n) is 8.76. The molecule has 6 rings (SSSR count). The van der Waals surface area contributed by atoms with Crippen LogP contribution in [0.2, 0.25) is 10.0 Å².